The Balaban J connectivity index is 1.51. The topological polar surface area (TPSA) is 77.5 Å². The number of methoxy groups -OCH3 is 1. The number of nitrogens with one attached hydrogen (secondary N) is 1. The van der Waals surface area contributed by atoms with Gasteiger partial charge in [0.1, 0.15) is 5.75 Å². The number of carbonyl (C=O) groups excluding carboxylic acids is 2. The van der Waals surface area contributed by atoms with E-state index < -0.39 is 5.97 Å². The fourth-order valence-electron chi connectivity index (χ4n) is 3.68. The van der Waals surface area contributed by atoms with Gasteiger partial charge in [0.25, 0.3) is 5.91 Å². The van der Waals surface area contributed by atoms with E-state index in [0.717, 1.165) is 11.1 Å². The average molecular weight is 440 g/mol. The molecule has 0 unspecified atom stereocenters. The number of ether oxygens (including phenoxy) is 2. The molecule has 1 heterocycles. The van der Waals surface area contributed by atoms with Gasteiger partial charge in [-0.05, 0) is 36.2 Å². The monoisotopic (exact) mass is 440 g/mol. The first-order valence-electron chi connectivity index (χ1n) is 10.6. The van der Waals surface area contributed by atoms with Gasteiger partial charge in [-0.3, -0.25) is 4.79 Å². The Hall–Kier alpha value is -4.19. The second-order valence-corrected chi connectivity index (χ2v) is 7.55. The van der Waals surface area contributed by atoms with E-state index in [4.69, 9.17) is 14.5 Å². The zero-order chi connectivity index (χ0) is 23.2. The highest BCUT2D eigenvalue weighted by Gasteiger charge is 2.20. The average Bonchev–Trinajstić information content (AvgIpc) is 2.86. The smallest absolute Gasteiger partial charge is 0.339 e. The molecule has 6 nitrogen and oxygen atoms in total. The molecule has 0 bridgehead atoms. The molecule has 0 saturated heterocycles. The lowest BCUT2D eigenvalue weighted by molar-refractivity contribution is -0.124. The maximum absolute atomic E-state index is 13.1. The van der Waals surface area contributed by atoms with E-state index in [1.165, 1.54) is 0 Å². The number of esters is 1. The Morgan fingerprint density at radius 3 is 2.48 bits per heavy atom. The fourth-order valence-corrected chi connectivity index (χ4v) is 3.68. The quantitative estimate of drug-likeness (QED) is 0.422. The zero-order valence-corrected chi connectivity index (χ0v) is 18.5. The maximum Gasteiger partial charge on any atom is 0.339 e. The molecule has 0 atom stereocenters. The number of pyridine rings is 1. The van der Waals surface area contributed by atoms with Crippen molar-refractivity contribution in [2.75, 3.05) is 13.7 Å². The number of nitrogens with zero attached hydrogens (tertiary/aromatic N) is 1. The van der Waals surface area contributed by atoms with Crippen LogP contribution in [0.2, 0.25) is 0 Å². The molecular formula is C27H24N2O4. The summed E-state index contributed by atoms with van der Waals surface area (Å²) < 4.78 is 10.6. The van der Waals surface area contributed by atoms with Crippen molar-refractivity contribution in [3.8, 4) is 17.0 Å². The lowest BCUT2D eigenvalue weighted by atomic mass is 9.98. The minimum atomic E-state index is -0.556. The molecule has 166 valence electrons. The minimum Gasteiger partial charge on any atom is -0.497 e. The molecule has 0 aliphatic carbocycles. The molecule has 0 fully saturated rings. The van der Waals surface area contributed by atoms with Crippen molar-refractivity contribution in [2.45, 2.75) is 13.5 Å². The standard InChI is InChI=1S/C27H24N2O4/c1-18-25(22-13-6-7-14-23(22)29-26(18)20-10-4-3-5-11-20)27(31)33-17-24(30)28-16-19-9-8-12-21(15-19)32-2/h3-15H,16-17H2,1-2H3,(H,28,30). The van der Waals surface area contributed by atoms with E-state index in [0.29, 0.717) is 40.0 Å². The molecule has 33 heavy (non-hydrogen) atoms. The first-order chi connectivity index (χ1) is 16.1. The molecule has 1 N–H and O–H groups in total. The van der Waals surface area contributed by atoms with Crippen molar-refractivity contribution in [1.82, 2.24) is 10.3 Å². The summed E-state index contributed by atoms with van der Waals surface area (Å²) in [5, 5.41) is 3.45. The van der Waals surface area contributed by atoms with Crippen LogP contribution in [0, 0.1) is 6.92 Å². The van der Waals surface area contributed by atoms with Gasteiger partial charge in [0, 0.05) is 17.5 Å². The second-order valence-electron chi connectivity index (χ2n) is 7.55. The van der Waals surface area contributed by atoms with Crippen LogP contribution in [-0.4, -0.2) is 30.6 Å². The van der Waals surface area contributed by atoms with Crippen LogP contribution in [0.3, 0.4) is 0 Å². The molecule has 0 spiro atoms. The number of hydrogen-bond acceptors (Lipinski definition) is 5. The molecule has 0 saturated carbocycles. The third kappa shape index (κ3) is 5.01. The highest BCUT2D eigenvalue weighted by molar-refractivity contribution is 6.06. The predicted octanol–water partition coefficient (Wildman–Crippen LogP) is 4.69. The van der Waals surface area contributed by atoms with Crippen LogP contribution in [0.15, 0.2) is 78.9 Å². The lowest BCUT2D eigenvalue weighted by Crippen LogP contribution is -2.28. The van der Waals surface area contributed by atoms with Gasteiger partial charge in [-0.2, -0.15) is 0 Å². The molecular weight excluding hydrogens is 416 g/mol. The van der Waals surface area contributed by atoms with E-state index in [1.807, 2.05) is 85.8 Å². The number of rotatable bonds is 7. The molecule has 1 aromatic heterocycles. The third-order valence-corrected chi connectivity index (χ3v) is 5.35. The molecule has 1 amide bonds. The van der Waals surface area contributed by atoms with Gasteiger partial charge >= 0.3 is 5.97 Å². The number of fused-ring (bicyclic) bond motifs is 1. The molecule has 3 aromatic carbocycles. The molecule has 6 heteroatoms. The van der Waals surface area contributed by atoms with Crippen LogP contribution < -0.4 is 10.1 Å². The molecule has 4 rings (SSSR count). The molecule has 0 aliphatic rings. The fraction of sp³-hybridized carbons (Fsp3) is 0.148. The number of carbonyl (C=O) groups is 2. The van der Waals surface area contributed by atoms with Gasteiger partial charge in [0.2, 0.25) is 0 Å². The molecule has 4 aromatic rings. The summed E-state index contributed by atoms with van der Waals surface area (Å²) in [7, 11) is 1.59. The first kappa shape index (κ1) is 22.0. The SMILES string of the molecule is COc1cccc(CNC(=O)COC(=O)c2c(C)c(-c3ccccc3)nc3ccccc23)c1. The highest BCUT2D eigenvalue weighted by atomic mass is 16.5. The Kier molecular flexibility index (Phi) is 6.64. The first-order valence-corrected chi connectivity index (χ1v) is 10.6. The normalized spacial score (nSPS) is 10.6. The van der Waals surface area contributed by atoms with E-state index in [1.54, 1.807) is 7.11 Å². The van der Waals surface area contributed by atoms with E-state index in [-0.39, 0.29) is 12.5 Å². The zero-order valence-electron chi connectivity index (χ0n) is 18.5. The summed E-state index contributed by atoms with van der Waals surface area (Å²) in [4.78, 5) is 30.2. The van der Waals surface area contributed by atoms with Crippen LogP contribution >= 0.6 is 0 Å². The van der Waals surface area contributed by atoms with Crippen molar-refractivity contribution < 1.29 is 19.1 Å². The largest absolute Gasteiger partial charge is 0.497 e. The number of hydrogen-bond donors (Lipinski definition) is 1. The van der Waals surface area contributed by atoms with Crippen LogP contribution in [0.25, 0.3) is 22.2 Å². The van der Waals surface area contributed by atoms with Crippen molar-refractivity contribution >= 4 is 22.8 Å². The summed E-state index contributed by atoms with van der Waals surface area (Å²) in [6.45, 7) is 1.78. The van der Waals surface area contributed by atoms with Gasteiger partial charge in [-0.25, -0.2) is 9.78 Å². The summed E-state index contributed by atoms with van der Waals surface area (Å²) in [6, 6.07) is 24.5. The summed E-state index contributed by atoms with van der Waals surface area (Å²) >= 11 is 0. The van der Waals surface area contributed by atoms with E-state index in [2.05, 4.69) is 5.32 Å². The number of benzene rings is 3. The van der Waals surface area contributed by atoms with Gasteiger partial charge in [-0.1, -0.05) is 60.7 Å². The Bertz CT molecular complexity index is 1300. The lowest BCUT2D eigenvalue weighted by Gasteiger charge is -2.14. The molecule has 0 aliphatic heterocycles. The highest BCUT2D eigenvalue weighted by Crippen LogP contribution is 2.30. The Morgan fingerprint density at radius 2 is 1.70 bits per heavy atom. The van der Waals surface area contributed by atoms with Crippen LogP contribution in [-0.2, 0) is 16.1 Å². The molecule has 0 radical (unpaired) electrons. The predicted molar refractivity (Wildman–Crippen MR) is 127 cm³/mol. The summed E-state index contributed by atoms with van der Waals surface area (Å²) in [5.74, 6) is -0.229. The van der Waals surface area contributed by atoms with Gasteiger partial charge in [0.15, 0.2) is 6.61 Å². The van der Waals surface area contributed by atoms with E-state index in [9.17, 15) is 9.59 Å². The maximum atomic E-state index is 13.1. The van der Waals surface area contributed by atoms with Crippen molar-refractivity contribution in [3.05, 3.63) is 95.6 Å². The van der Waals surface area contributed by atoms with E-state index >= 15 is 0 Å². The van der Waals surface area contributed by atoms with Crippen molar-refractivity contribution in [3.63, 3.8) is 0 Å². The minimum absolute atomic E-state index is 0.308. The second kappa shape index (κ2) is 9.96. The number of para-hydroxylation sites is 1. The third-order valence-electron chi connectivity index (χ3n) is 5.35. The Labute approximate surface area is 192 Å². The number of aromatic nitrogens is 1. The van der Waals surface area contributed by atoms with Crippen molar-refractivity contribution in [2.24, 2.45) is 0 Å². The van der Waals surface area contributed by atoms with Crippen LogP contribution in [0.1, 0.15) is 21.5 Å². The van der Waals surface area contributed by atoms with Gasteiger partial charge in [0.05, 0.1) is 23.9 Å². The summed E-state index contributed by atoms with van der Waals surface area (Å²) in [6.07, 6.45) is 0. The van der Waals surface area contributed by atoms with Crippen LogP contribution in [0.4, 0.5) is 0 Å². The van der Waals surface area contributed by atoms with Gasteiger partial charge < -0.3 is 14.8 Å². The van der Waals surface area contributed by atoms with Crippen molar-refractivity contribution in [1.29, 1.82) is 0 Å². The van der Waals surface area contributed by atoms with Gasteiger partial charge in [-0.15, -0.1) is 0 Å². The van der Waals surface area contributed by atoms with Crippen LogP contribution in [0.5, 0.6) is 5.75 Å². The summed E-state index contributed by atoms with van der Waals surface area (Å²) in [5.41, 5.74) is 4.32. The number of amides is 1. The Morgan fingerprint density at radius 1 is 0.939 bits per heavy atom.